The van der Waals surface area contributed by atoms with E-state index in [-0.39, 0.29) is 11.0 Å². The number of nitrogens with one attached hydrogen (secondary N) is 2. The lowest BCUT2D eigenvalue weighted by Crippen LogP contribution is -3.11. The molecule has 0 unspecified atom stereocenters. The number of hydrazine groups is 1. The molecule has 1 aromatic carbocycles. The Bertz CT molecular complexity index is 879. The number of hydrogen-bond donors (Lipinski definition) is 2. The van der Waals surface area contributed by atoms with Crippen molar-refractivity contribution in [3.05, 3.63) is 53.1 Å². The van der Waals surface area contributed by atoms with Crippen LogP contribution in [0.5, 0.6) is 0 Å². The normalized spacial score (nSPS) is 27.5. The number of anilines is 1. The second-order valence-corrected chi connectivity index (χ2v) is 13.8. The number of para-hydroxylation sites is 1. The first-order chi connectivity index (χ1) is 13.6. The number of nitrogens with zero attached hydrogens (tertiary/aromatic N) is 1. The van der Waals surface area contributed by atoms with Crippen molar-refractivity contribution in [1.29, 1.82) is 0 Å². The zero-order chi connectivity index (χ0) is 20.9. The van der Waals surface area contributed by atoms with E-state index >= 15 is 0 Å². The summed E-state index contributed by atoms with van der Waals surface area (Å²) >= 11 is 6.48. The number of allylic oxidation sites excluding steroid dienone is 3. The third kappa shape index (κ3) is 4.20. The third-order valence-corrected chi connectivity index (χ3v) is 9.75. The molecule has 29 heavy (non-hydrogen) atoms. The Labute approximate surface area is 181 Å². The first-order valence-electron chi connectivity index (χ1n) is 10.8. The summed E-state index contributed by atoms with van der Waals surface area (Å²) in [6.07, 6.45) is 4.88. The molecule has 2 heterocycles. The van der Waals surface area contributed by atoms with E-state index in [0.717, 1.165) is 12.1 Å². The SMILES string of the molecule is CC1(C)C=C2NN(c3ccccc3)[P@](=S)(OC(C)(C)C)C2=C([NH+]2CCCCC2)C1. The van der Waals surface area contributed by atoms with E-state index in [9.17, 15) is 0 Å². The van der Waals surface area contributed by atoms with Gasteiger partial charge in [0.2, 0.25) is 6.42 Å². The van der Waals surface area contributed by atoms with Crippen molar-refractivity contribution >= 4 is 23.9 Å². The van der Waals surface area contributed by atoms with Gasteiger partial charge in [0.15, 0.2) is 0 Å². The molecule has 1 atom stereocenters. The van der Waals surface area contributed by atoms with Gasteiger partial charge in [0.05, 0.1) is 30.1 Å². The van der Waals surface area contributed by atoms with E-state index in [4.69, 9.17) is 16.3 Å². The summed E-state index contributed by atoms with van der Waals surface area (Å²) in [5.74, 6) is 0. The molecule has 2 fully saturated rings. The summed E-state index contributed by atoms with van der Waals surface area (Å²) in [4.78, 5) is 1.62. The monoisotopic (exact) mass is 432 g/mol. The number of rotatable bonds is 3. The molecule has 2 aliphatic heterocycles. The summed E-state index contributed by atoms with van der Waals surface area (Å²) in [5, 5.41) is 1.28. The molecule has 158 valence electrons. The smallest absolute Gasteiger partial charge is 0.212 e. The number of hydrogen-bond acceptors (Lipinski definition) is 3. The molecular formula is C23H35N3OPS+. The van der Waals surface area contributed by atoms with Crippen molar-refractivity contribution in [2.45, 2.75) is 65.9 Å². The molecular weight excluding hydrogens is 397 g/mol. The molecule has 0 spiro atoms. The summed E-state index contributed by atoms with van der Waals surface area (Å²) < 4.78 is 8.96. The Balaban J connectivity index is 1.90. The van der Waals surface area contributed by atoms with Gasteiger partial charge in [0.25, 0.3) is 0 Å². The predicted octanol–water partition coefficient (Wildman–Crippen LogP) is 4.73. The van der Waals surface area contributed by atoms with Gasteiger partial charge in [-0.05, 0) is 69.4 Å². The van der Waals surface area contributed by atoms with E-state index in [1.165, 1.54) is 49.1 Å². The highest BCUT2D eigenvalue weighted by Crippen LogP contribution is 2.68. The minimum Gasteiger partial charge on any atom is -0.324 e. The van der Waals surface area contributed by atoms with Crippen LogP contribution in [0.1, 0.15) is 60.3 Å². The molecule has 1 aromatic rings. The standard InChI is InChI=1S/C23H34N3OPS/c1-22(2,3)27-28(29)21-19(24-26(28)18-12-8-6-9-13-18)16-23(4,5)17-20(21)25-14-10-7-11-15-25/h6,8-9,12-13,16,24H,7,10-11,14-15,17H2,1-5H3/p+1/t28-/m0/s1. The Kier molecular flexibility index (Phi) is 5.48. The van der Waals surface area contributed by atoms with Crippen LogP contribution < -0.4 is 15.1 Å². The topological polar surface area (TPSA) is 28.9 Å². The first kappa shape index (κ1) is 21.1. The van der Waals surface area contributed by atoms with Crippen molar-refractivity contribution < 1.29 is 9.42 Å². The summed E-state index contributed by atoms with van der Waals surface area (Å²) in [5.41, 5.74) is 7.23. The fourth-order valence-corrected chi connectivity index (χ4v) is 9.21. The average molecular weight is 433 g/mol. The summed E-state index contributed by atoms with van der Waals surface area (Å²) in [6.45, 7) is 13.4. The van der Waals surface area contributed by atoms with Gasteiger partial charge in [0.1, 0.15) is 11.0 Å². The molecule has 0 aromatic heterocycles. The molecule has 2 saturated heterocycles. The van der Waals surface area contributed by atoms with Crippen molar-refractivity contribution in [1.82, 2.24) is 5.43 Å². The van der Waals surface area contributed by atoms with Crippen LogP contribution in [0.25, 0.3) is 0 Å². The maximum atomic E-state index is 6.79. The maximum Gasteiger partial charge on any atom is 0.212 e. The molecule has 4 nitrogen and oxygen atoms in total. The lowest BCUT2D eigenvalue weighted by Gasteiger charge is -2.37. The Morgan fingerprint density at radius 3 is 2.38 bits per heavy atom. The van der Waals surface area contributed by atoms with Gasteiger partial charge in [-0.25, -0.2) is 4.78 Å². The first-order valence-corrected chi connectivity index (χ1v) is 13.5. The molecule has 6 heteroatoms. The minimum absolute atomic E-state index is 0.111. The van der Waals surface area contributed by atoms with Crippen molar-refractivity contribution in [3.8, 4) is 0 Å². The maximum absolute atomic E-state index is 6.79. The Hall–Kier alpha value is -1.13. The molecule has 0 saturated carbocycles. The minimum atomic E-state index is -2.49. The molecule has 2 N–H and O–H groups in total. The lowest BCUT2D eigenvalue weighted by atomic mass is 9.82. The highest BCUT2D eigenvalue weighted by Gasteiger charge is 2.50. The number of piperidine rings is 1. The lowest BCUT2D eigenvalue weighted by molar-refractivity contribution is -0.868. The van der Waals surface area contributed by atoms with Gasteiger partial charge in [-0.2, -0.15) is 0 Å². The van der Waals surface area contributed by atoms with E-state index in [2.05, 4.69) is 75.2 Å². The quantitative estimate of drug-likeness (QED) is 0.676. The number of likely N-dealkylation sites (tertiary alicyclic amines) is 1. The van der Waals surface area contributed by atoms with Crippen LogP contribution in [0.2, 0.25) is 0 Å². The fourth-order valence-electron chi connectivity index (χ4n) is 4.72. The zero-order valence-corrected chi connectivity index (χ0v) is 20.1. The highest BCUT2D eigenvalue weighted by atomic mass is 32.4. The molecule has 0 bridgehead atoms. The number of quaternary nitrogens is 1. The molecule has 4 rings (SSSR count). The third-order valence-electron chi connectivity index (χ3n) is 5.76. The second-order valence-electron chi connectivity index (χ2n) is 10.2. The fraction of sp³-hybridized carbons (Fsp3) is 0.565. The second kappa shape index (κ2) is 7.53. The van der Waals surface area contributed by atoms with E-state index in [1.54, 1.807) is 4.90 Å². The largest absolute Gasteiger partial charge is 0.324 e. The van der Waals surface area contributed by atoms with E-state index in [1.807, 2.05) is 6.07 Å². The van der Waals surface area contributed by atoms with Crippen LogP contribution >= 0.6 is 6.42 Å². The van der Waals surface area contributed by atoms with Gasteiger partial charge < -0.3 is 9.42 Å². The van der Waals surface area contributed by atoms with E-state index < -0.39 is 6.42 Å². The molecule has 0 radical (unpaired) electrons. The zero-order valence-electron chi connectivity index (χ0n) is 18.4. The van der Waals surface area contributed by atoms with Gasteiger partial charge >= 0.3 is 0 Å². The van der Waals surface area contributed by atoms with Crippen LogP contribution in [0, 0.1) is 5.41 Å². The van der Waals surface area contributed by atoms with Crippen LogP contribution in [-0.4, -0.2) is 18.7 Å². The molecule has 1 aliphatic carbocycles. The molecule has 0 amide bonds. The summed E-state index contributed by atoms with van der Waals surface area (Å²) in [6, 6.07) is 10.4. The van der Waals surface area contributed by atoms with Crippen molar-refractivity contribution in [2.24, 2.45) is 5.41 Å². The highest BCUT2D eigenvalue weighted by molar-refractivity contribution is 8.15. The average Bonchev–Trinajstić information content (AvgIpc) is 2.91. The summed E-state index contributed by atoms with van der Waals surface area (Å²) in [7, 11) is 0. The van der Waals surface area contributed by atoms with Crippen molar-refractivity contribution in [2.75, 3.05) is 17.9 Å². The number of fused-ring (bicyclic) bond motifs is 1. The predicted molar refractivity (Wildman–Crippen MR) is 125 cm³/mol. The Morgan fingerprint density at radius 2 is 1.76 bits per heavy atom. The molecule has 3 aliphatic rings. The van der Waals surface area contributed by atoms with Gasteiger partial charge in [-0.15, -0.1) is 0 Å². The van der Waals surface area contributed by atoms with Crippen LogP contribution in [0.3, 0.4) is 0 Å². The van der Waals surface area contributed by atoms with Gasteiger partial charge in [0, 0.05) is 6.42 Å². The van der Waals surface area contributed by atoms with Gasteiger partial charge in [-0.3, -0.25) is 5.43 Å². The van der Waals surface area contributed by atoms with Crippen LogP contribution in [0.15, 0.2) is 53.1 Å². The Morgan fingerprint density at radius 1 is 1.10 bits per heavy atom. The van der Waals surface area contributed by atoms with Crippen LogP contribution in [0.4, 0.5) is 5.69 Å². The van der Waals surface area contributed by atoms with E-state index in [0.29, 0.717) is 0 Å². The van der Waals surface area contributed by atoms with Crippen LogP contribution in [-0.2, 0) is 16.3 Å². The number of benzene rings is 1. The van der Waals surface area contributed by atoms with Gasteiger partial charge in [-0.1, -0.05) is 38.1 Å². The van der Waals surface area contributed by atoms with Crippen molar-refractivity contribution in [3.63, 3.8) is 0 Å².